The van der Waals surface area contributed by atoms with Crippen LogP contribution in [0.3, 0.4) is 0 Å². The molecule has 0 atom stereocenters. The highest BCUT2D eigenvalue weighted by molar-refractivity contribution is 6.15. The van der Waals surface area contributed by atoms with E-state index in [1.54, 1.807) is 0 Å². The molecule has 0 spiro atoms. The first-order chi connectivity index (χ1) is 24.3. The number of para-hydroxylation sites is 4. The highest BCUT2D eigenvalue weighted by Crippen LogP contribution is 2.42. The maximum atomic E-state index is 6.47. The summed E-state index contributed by atoms with van der Waals surface area (Å²) in [6.45, 7) is 0. The van der Waals surface area contributed by atoms with Crippen molar-refractivity contribution in [2.24, 2.45) is 0 Å². The number of nitrogens with zero attached hydrogens (tertiary/aromatic N) is 2. The lowest BCUT2D eigenvalue weighted by molar-refractivity contribution is 0.668. The van der Waals surface area contributed by atoms with E-state index in [9.17, 15) is 0 Å². The zero-order valence-electron chi connectivity index (χ0n) is 26.0. The molecular formula is C44H24N2O3. The molecule has 0 bridgehead atoms. The van der Waals surface area contributed by atoms with Crippen molar-refractivity contribution in [2.75, 3.05) is 0 Å². The van der Waals surface area contributed by atoms with Crippen molar-refractivity contribution >= 4 is 76.7 Å². The molecule has 4 aromatic heterocycles. The maximum absolute atomic E-state index is 6.47. The number of hydrogen-bond donors (Lipinski definition) is 0. The zero-order chi connectivity index (χ0) is 32.1. The van der Waals surface area contributed by atoms with Crippen LogP contribution in [0.25, 0.3) is 110 Å². The SMILES string of the molecule is c1ccc2c(-c3cccc4c3oc3ccccc34)nc(-c3cccc4oc5ccc(-c6ccc7oc8ccccc8c7c6)cc5c34)nc2c1. The minimum Gasteiger partial charge on any atom is -0.456 e. The van der Waals surface area contributed by atoms with Gasteiger partial charge in [0.1, 0.15) is 33.5 Å². The van der Waals surface area contributed by atoms with Gasteiger partial charge in [0.15, 0.2) is 5.82 Å². The Hall–Kier alpha value is -6.72. The van der Waals surface area contributed by atoms with Crippen LogP contribution in [0.2, 0.25) is 0 Å². The van der Waals surface area contributed by atoms with Gasteiger partial charge in [-0.3, -0.25) is 0 Å². The molecule has 5 nitrogen and oxygen atoms in total. The minimum absolute atomic E-state index is 0.631. The van der Waals surface area contributed by atoms with Crippen molar-refractivity contribution in [3.63, 3.8) is 0 Å². The van der Waals surface area contributed by atoms with Gasteiger partial charge in [-0.25, -0.2) is 9.97 Å². The summed E-state index contributed by atoms with van der Waals surface area (Å²) < 4.78 is 19.0. The molecule has 0 saturated carbocycles. The summed E-state index contributed by atoms with van der Waals surface area (Å²) in [5.41, 5.74) is 10.8. The van der Waals surface area contributed by atoms with Crippen LogP contribution in [0, 0.1) is 0 Å². The van der Waals surface area contributed by atoms with E-state index in [1.165, 1.54) is 0 Å². The Morgan fingerprint density at radius 3 is 1.78 bits per heavy atom. The Morgan fingerprint density at radius 1 is 0.367 bits per heavy atom. The quantitative estimate of drug-likeness (QED) is 0.195. The van der Waals surface area contributed by atoms with E-state index in [-0.39, 0.29) is 0 Å². The molecule has 0 amide bonds. The summed E-state index contributed by atoms with van der Waals surface area (Å²) >= 11 is 0. The number of aromatic nitrogens is 2. The number of benzene rings is 7. The Bertz CT molecular complexity index is 3130. The van der Waals surface area contributed by atoms with Gasteiger partial charge < -0.3 is 13.3 Å². The summed E-state index contributed by atoms with van der Waals surface area (Å²) in [6, 6.07) is 49.7. The largest absolute Gasteiger partial charge is 0.456 e. The summed E-state index contributed by atoms with van der Waals surface area (Å²) in [6.07, 6.45) is 0. The zero-order valence-corrected chi connectivity index (χ0v) is 26.0. The maximum Gasteiger partial charge on any atom is 0.161 e. The summed E-state index contributed by atoms with van der Waals surface area (Å²) in [5, 5.41) is 7.32. The predicted molar refractivity (Wildman–Crippen MR) is 198 cm³/mol. The molecule has 0 unspecified atom stereocenters. The van der Waals surface area contributed by atoms with Crippen LogP contribution in [0.1, 0.15) is 0 Å². The average Bonchev–Trinajstić information content (AvgIpc) is 3.85. The lowest BCUT2D eigenvalue weighted by Gasteiger charge is -2.10. The van der Waals surface area contributed by atoms with E-state index in [2.05, 4.69) is 78.9 Å². The van der Waals surface area contributed by atoms with Crippen LogP contribution < -0.4 is 0 Å². The van der Waals surface area contributed by atoms with Gasteiger partial charge in [-0.15, -0.1) is 0 Å². The highest BCUT2D eigenvalue weighted by Gasteiger charge is 2.20. The van der Waals surface area contributed by atoms with Crippen LogP contribution in [-0.2, 0) is 0 Å². The molecule has 5 heteroatoms. The molecule has 11 aromatic rings. The molecule has 0 saturated heterocycles. The van der Waals surface area contributed by atoms with Crippen molar-refractivity contribution in [2.45, 2.75) is 0 Å². The van der Waals surface area contributed by atoms with Crippen molar-refractivity contribution in [1.82, 2.24) is 9.97 Å². The summed E-state index contributed by atoms with van der Waals surface area (Å²) in [7, 11) is 0. The fraction of sp³-hybridized carbons (Fsp3) is 0. The second-order valence-corrected chi connectivity index (χ2v) is 12.5. The van der Waals surface area contributed by atoms with E-state index in [0.717, 1.165) is 105 Å². The van der Waals surface area contributed by atoms with Gasteiger partial charge >= 0.3 is 0 Å². The van der Waals surface area contributed by atoms with Crippen LogP contribution in [-0.4, -0.2) is 9.97 Å². The molecule has 49 heavy (non-hydrogen) atoms. The molecule has 7 aromatic carbocycles. The van der Waals surface area contributed by atoms with Crippen LogP contribution in [0.5, 0.6) is 0 Å². The lowest BCUT2D eigenvalue weighted by Crippen LogP contribution is -1.96. The van der Waals surface area contributed by atoms with Gasteiger partial charge in [0.05, 0.1) is 11.2 Å². The van der Waals surface area contributed by atoms with Gasteiger partial charge in [0.25, 0.3) is 0 Å². The third-order valence-corrected chi connectivity index (χ3v) is 9.71. The second kappa shape index (κ2) is 9.89. The summed E-state index contributed by atoms with van der Waals surface area (Å²) in [5.74, 6) is 0.631. The molecule has 228 valence electrons. The molecule has 11 rings (SSSR count). The Morgan fingerprint density at radius 2 is 0.939 bits per heavy atom. The molecule has 0 radical (unpaired) electrons. The smallest absolute Gasteiger partial charge is 0.161 e. The summed E-state index contributed by atoms with van der Waals surface area (Å²) in [4.78, 5) is 10.4. The molecule has 0 N–H and O–H groups in total. The molecule has 0 aliphatic carbocycles. The van der Waals surface area contributed by atoms with E-state index in [4.69, 9.17) is 23.2 Å². The van der Waals surface area contributed by atoms with Crippen LogP contribution >= 0.6 is 0 Å². The van der Waals surface area contributed by atoms with Crippen molar-refractivity contribution < 1.29 is 13.3 Å². The standard InChI is InChI=1S/C44H24N2O3/c1-4-15-35-30(11-1)42(32-14-7-12-29-27-9-2-6-17-37(27)49-43(29)32)46-44(45-35)31-13-8-18-40-41(31)34-24-26(20-22-39(34)48-40)25-19-21-38-33(23-25)28-10-3-5-16-36(28)47-38/h1-24H. The molecule has 0 fully saturated rings. The second-order valence-electron chi connectivity index (χ2n) is 12.5. The fourth-order valence-corrected chi connectivity index (χ4v) is 7.43. The number of hydrogen-bond acceptors (Lipinski definition) is 5. The lowest BCUT2D eigenvalue weighted by atomic mass is 9.99. The number of furan rings is 3. The first-order valence-electron chi connectivity index (χ1n) is 16.3. The molecular weight excluding hydrogens is 604 g/mol. The van der Waals surface area contributed by atoms with Crippen molar-refractivity contribution in [3.05, 3.63) is 146 Å². The number of fused-ring (bicyclic) bond motifs is 10. The van der Waals surface area contributed by atoms with E-state index in [1.807, 2.05) is 66.7 Å². The number of rotatable bonds is 3. The van der Waals surface area contributed by atoms with E-state index in [0.29, 0.717) is 5.82 Å². The molecule has 0 aliphatic rings. The minimum atomic E-state index is 0.631. The van der Waals surface area contributed by atoms with Crippen LogP contribution in [0.4, 0.5) is 0 Å². The third-order valence-electron chi connectivity index (χ3n) is 9.71. The van der Waals surface area contributed by atoms with Gasteiger partial charge in [0, 0.05) is 48.8 Å². The normalized spacial score (nSPS) is 12.1. The first-order valence-corrected chi connectivity index (χ1v) is 16.3. The van der Waals surface area contributed by atoms with Crippen molar-refractivity contribution in [3.8, 4) is 33.8 Å². The van der Waals surface area contributed by atoms with E-state index >= 15 is 0 Å². The van der Waals surface area contributed by atoms with Crippen molar-refractivity contribution in [1.29, 1.82) is 0 Å². The first kappa shape index (κ1) is 26.4. The highest BCUT2D eigenvalue weighted by atomic mass is 16.3. The van der Waals surface area contributed by atoms with Gasteiger partial charge in [0.2, 0.25) is 0 Å². The Kier molecular flexibility index (Phi) is 5.32. The molecule has 4 heterocycles. The van der Waals surface area contributed by atoms with Gasteiger partial charge in [-0.2, -0.15) is 0 Å². The Labute approximate surface area is 278 Å². The average molecular weight is 629 g/mol. The van der Waals surface area contributed by atoms with Gasteiger partial charge in [-0.1, -0.05) is 91.0 Å². The van der Waals surface area contributed by atoms with E-state index < -0.39 is 0 Å². The fourth-order valence-electron chi connectivity index (χ4n) is 7.43. The van der Waals surface area contributed by atoms with Crippen LogP contribution in [0.15, 0.2) is 159 Å². The van der Waals surface area contributed by atoms with Gasteiger partial charge in [-0.05, 0) is 65.7 Å². The Balaban J connectivity index is 1.14. The third kappa shape index (κ3) is 3.87. The topological polar surface area (TPSA) is 65.2 Å². The predicted octanol–water partition coefficient (Wildman–Crippen LogP) is 12.3. The monoisotopic (exact) mass is 628 g/mol. The molecule has 0 aliphatic heterocycles.